The van der Waals surface area contributed by atoms with Gasteiger partial charge in [0, 0.05) is 15.8 Å². The van der Waals surface area contributed by atoms with Gasteiger partial charge >= 0.3 is 24.3 Å². The number of aliphatic carboxylic acids is 2. The lowest BCUT2D eigenvalue weighted by Gasteiger charge is -2.01. The van der Waals surface area contributed by atoms with Crippen molar-refractivity contribution in [1.82, 2.24) is 4.98 Å². The number of carbonyl (C=O) groups is 2. The van der Waals surface area contributed by atoms with E-state index in [1.807, 2.05) is 12.3 Å². The summed E-state index contributed by atoms with van der Waals surface area (Å²) in [6, 6.07) is 4.79. The molecule has 0 aromatic carbocycles. The van der Waals surface area contributed by atoms with Gasteiger partial charge in [-0.15, -0.1) is 0 Å². The molecule has 1 heterocycles. The van der Waals surface area contributed by atoms with Crippen LogP contribution in [0.1, 0.15) is 12.8 Å². The summed E-state index contributed by atoms with van der Waals surface area (Å²) in [6.07, 6.45) is -5.69. The fourth-order valence-corrected chi connectivity index (χ4v) is 1.22. The summed E-state index contributed by atoms with van der Waals surface area (Å²) in [6.45, 7) is 0. The summed E-state index contributed by atoms with van der Waals surface area (Å²) >= 11 is 2.26. The van der Waals surface area contributed by atoms with Crippen molar-refractivity contribution < 1.29 is 46.1 Å². The number of nitrogens with zero attached hydrogens (tertiary/aromatic N) is 1. The van der Waals surface area contributed by atoms with Gasteiger partial charge in [0.15, 0.2) is 0 Å². The van der Waals surface area contributed by atoms with Crippen molar-refractivity contribution in [1.29, 1.82) is 0 Å². The first-order chi connectivity index (χ1) is 11.2. The number of carboxylic acids is 2. The van der Waals surface area contributed by atoms with Gasteiger partial charge in [-0.2, -0.15) is 26.3 Å². The Balaban J connectivity index is 0.000000366. The minimum Gasteiger partial charge on any atom is -0.475 e. The Hall–Kier alpha value is -1.80. The molecule has 3 N–H and O–H groups in total. The van der Waals surface area contributed by atoms with E-state index in [0.29, 0.717) is 6.04 Å². The minimum absolute atomic E-state index is 0.697. The van der Waals surface area contributed by atoms with Crippen molar-refractivity contribution in [2.75, 3.05) is 5.32 Å². The molecule has 0 aliphatic heterocycles. The molecule has 1 aromatic rings. The Morgan fingerprint density at radius 2 is 1.44 bits per heavy atom. The summed E-state index contributed by atoms with van der Waals surface area (Å²) in [5.74, 6) is -4.51. The molecule has 0 amide bonds. The van der Waals surface area contributed by atoms with Crippen LogP contribution in [0.2, 0.25) is 0 Å². The second-order valence-electron chi connectivity index (χ2n) is 4.39. The normalized spacial score (nSPS) is 13.6. The summed E-state index contributed by atoms with van der Waals surface area (Å²) in [5, 5.41) is 17.6. The molecular weight excluding hydrogens is 477 g/mol. The molecular formula is C12H11F6IN2O4. The number of alkyl halides is 6. The van der Waals surface area contributed by atoms with Crippen LogP contribution in [0.3, 0.4) is 0 Å². The van der Waals surface area contributed by atoms with Gasteiger partial charge < -0.3 is 15.5 Å². The first kappa shape index (κ1) is 23.2. The van der Waals surface area contributed by atoms with Gasteiger partial charge in [0.2, 0.25) is 0 Å². The van der Waals surface area contributed by atoms with E-state index in [1.165, 1.54) is 16.4 Å². The SMILES string of the molecule is Ic1ccc(NC2CC2)nc1.O=C(O)C(F)(F)F.O=C(O)C(F)(F)F. The second-order valence-corrected chi connectivity index (χ2v) is 5.63. The largest absolute Gasteiger partial charge is 0.490 e. The quantitative estimate of drug-likeness (QED) is 0.436. The molecule has 0 saturated heterocycles. The number of hydrogen-bond donors (Lipinski definition) is 3. The topological polar surface area (TPSA) is 99.5 Å². The van der Waals surface area contributed by atoms with Gasteiger partial charge in [-0.3, -0.25) is 0 Å². The molecule has 0 atom stereocenters. The molecule has 0 unspecified atom stereocenters. The molecule has 13 heteroatoms. The zero-order valence-electron chi connectivity index (χ0n) is 12.0. The van der Waals surface area contributed by atoms with Gasteiger partial charge in [-0.05, 0) is 47.6 Å². The van der Waals surface area contributed by atoms with Crippen LogP contribution in [0.15, 0.2) is 18.3 Å². The van der Waals surface area contributed by atoms with E-state index in [2.05, 4.69) is 39.0 Å². The van der Waals surface area contributed by atoms with Crippen LogP contribution in [0.5, 0.6) is 0 Å². The maximum Gasteiger partial charge on any atom is 0.490 e. The molecule has 6 nitrogen and oxygen atoms in total. The van der Waals surface area contributed by atoms with Crippen LogP contribution < -0.4 is 5.32 Å². The number of aromatic nitrogens is 1. The van der Waals surface area contributed by atoms with Gasteiger partial charge in [0.05, 0.1) is 0 Å². The Morgan fingerprint density at radius 3 is 1.68 bits per heavy atom. The highest BCUT2D eigenvalue weighted by Crippen LogP contribution is 2.23. The number of nitrogens with one attached hydrogen (secondary N) is 1. The van der Waals surface area contributed by atoms with Crippen LogP contribution in [0, 0.1) is 3.57 Å². The van der Waals surface area contributed by atoms with Gasteiger partial charge in [0.25, 0.3) is 0 Å². The van der Waals surface area contributed by atoms with E-state index in [9.17, 15) is 26.3 Å². The Bertz CT molecular complexity index is 548. The molecule has 0 spiro atoms. The first-order valence-electron chi connectivity index (χ1n) is 6.21. The molecule has 1 aliphatic rings. The smallest absolute Gasteiger partial charge is 0.475 e. The number of rotatable bonds is 2. The highest BCUT2D eigenvalue weighted by atomic mass is 127. The van der Waals surface area contributed by atoms with Gasteiger partial charge in [0.1, 0.15) is 5.82 Å². The van der Waals surface area contributed by atoms with Crippen LogP contribution in [0.25, 0.3) is 0 Å². The lowest BCUT2D eigenvalue weighted by molar-refractivity contribution is -0.193. The molecule has 1 fully saturated rings. The third-order valence-corrected chi connectivity index (χ3v) is 2.78. The van der Waals surface area contributed by atoms with E-state index in [0.717, 1.165) is 5.82 Å². The highest BCUT2D eigenvalue weighted by molar-refractivity contribution is 14.1. The zero-order chi connectivity index (χ0) is 19.8. The first-order valence-corrected chi connectivity index (χ1v) is 7.29. The number of pyridine rings is 1. The fourth-order valence-electron chi connectivity index (χ4n) is 0.898. The van der Waals surface area contributed by atoms with Crippen LogP contribution in [-0.2, 0) is 9.59 Å². The lowest BCUT2D eigenvalue weighted by Crippen LogP contribution is -2.21. The van der Waals surface area contributed by atoms with Gasteiger partial charge in [-0.25, -0.2) is 14.6 Å². The van der Waals surface area contributed by atoms with Crippen LogP contribution in [-0.4, -0.2) is 45.5 Å². The number of anilines is 1. The van der Waals surface area contributed by atoms with E-state index in [1.54, 1.807) is 0 Å². The monoisotopic (exact) mass is 488 g/mol. The molecule has 1 saturated carbocycles. The third kappa shape index (κ3) is 12.2. The number of hydrogen-bond acceptors (Lipinski definition) is 4. The van der Waals surface area contributed by atoms with Crippen molar-refractivity contribution in [2.24, 2.45) is 0 Å². The van der Waals surface area contributed by atoms with Crippen molar-refractivity contribution in [3.63, 3.8) is 0 Å². The molecule has 0 bridgehead atoms. The standard InChI is InChI=1S/C8H9IN2.2C2HF3O2/c9-6-1-4-8(10-5-6)11-7-2-3-7;2*3-2(4,5)1(6)7/h1,4-5,7H,2-3H2,(H,10,11);2*(H,6,7). The van der Waals surface area contributed by atoms with E-state index >= 15 is 0 Å². The summed E-state index contributed by atoms with van der Waals surface area (Å²) in [4.78, 5) is 22.0. The Morgan fingerprint density at radius 1 is 1.04 bits per heavy atom. The highest BCUT2D eigenvalue weighted by Gasteiger charge is 2.38. The average molecular weight is 488 g/mol. The van der Waals surface area contributed by atoms with E-state index in [-0.39, 0.29) is 0 Å². The molecule has 2 rings (SSSR count). The Kier molecular flexibility index (Phi) is 8.93. The predicted octanol–water partition coefficient (Wildman–Crippen LogP) is 3.53. The molecule has 25 heavy (non-hydrogen) atoms. The summed E-state index contributed by atoms with van der Waals surface area (Å²) in [5.41, 5.74) is 0. The number of carboxylic acid groups (broad SMARTS) is 2. The predicted molar refractivity (Wildman–Crippen MR) is 81.0 cm³/mol. The van der Waals surface area contributed by atoms with Crippen molar-refractivity contribution in [3.8, 4) is 0 Å². The number of halogens is 7. The summed E-state index contributed by atoms with van der Waals surface area (Å²) < 4.78 is 64.7. The van der Waals surface area contributed by atoms with Crippen molar-refractivity contribution in [2.45, 2.75) is 31.2 Å². The Labute approximate surface area is 150 Å². The average Bonchev–Trinajstić information content (AvgIpc) is 3.24. The molecule has 0 radical (unpaired) electrons. The fraction of sp³-hybridized carbons (Fsp3) is 0.417. The van der Waals surface area contributed by atoms with E-state index < -0.39 is 24.3 Å². The second kappa shape index (κ2) is 9.62. The van der Waals surface area contributed by atoms with Crippen molar-refractivity contribution >= 4 is 40.3 Å². The molecule has 142 valence electrons. The van der Waals surface area contributed by atoms with Crippen molar-refractivity contribution in [3.05, 3.63) is 21.9 Å². The van der Waals surface area contributed by atoms with Crippen LogP contribution in [0.4, 0.5) is 32.2 Å². The zero-order valence-corrected chi connectivity index (χ0v) is 14.2. The van der Waals surface area contributed by atoms with E-state index in [4.69, 9.17) is 19.8 Å². The third-order valence-electron chi connectivity index (χ3n) is 2.14. The maximum atomic E-state index is 10.6. The summed E-state index contributed by atoms with van der Waals surface area (Å²) in [7, 11) is 0. The maximum absolute atomic E-state index is 10.6. The molecule has 1 aromatic heterocycles. The molecule has 1 aliphatic carbocycles. The van der Waals surface area contributed by atoms with Gasteiger partial charge in [-0.1, -0.05) is 0 Å². The lowest BCUT2D eigenvalue weighted by atomic mass is 10.4. The van der Waals surface area contributed by atoms with Crippen LogP contribution >= 0.6 is 22.6 Å². The minimum atomic E-state index is -5.08.